The SMILES string of the molecule is CC(C)(C)c1ccc(C(=O)NCC(=O)NC2CCN(Cc3cccc(C(F)(F)F)c3)CC2)cc1. The smallest absolute Gasteiger partial charge is 0.352 e. The lowest BCUT2D eigenvalue weighted by Crippen LogP contribution is -2.47. The second-order valence-electron chi connectivity index (χ2n) is 9.83. The predicted octanol–water partition coefficient (Wildman–Crippen LogP) is 4.51. The van der Waals surface area contributed by atoms with Crippen LogP contribution in [0.25, 0.3) is 0 Å². The van der Waals surface area contributed by atoms with Crippen molar-refractivity contribution >= 4 is 11.8 Å². The minimum absolute atomic E-state index is 0.00241. The van der Waals surface area contributed by atoms with Crippen molar-refractivity contribution in [3.8, 4) is 0 Å². The Bertz CT molecular complexity index is 990. The zero-order valence-electron chi connectivity index (χ0n) is 19.8. The van der Waals surface area contributed by atoms with Gasteiger partial charge in [0, 0.05) is 31.2 Å². The maximum Gasteiger partial charge on any atom is 0.416 e. The molecule has 0 aromatic heterocycles. The zero-order valence-corrected chi connectivity index (χ0v) is 19.8. The van der Waals surface area contributed by atoms with Gasteiger partial charge in [0.15, 0.2) is 0 Å². The van der Waals surface area contributed by atoms with E-state index >= 15 is 0 Å². The van der Waals surface area contributed by atoms with Gasteiger partial charge in [-0.3, -0.25) is 14.5 Å². The van der Waals surface area contributed by atoms with Crippen molar-refractivity contribution in [1.82, 2.24) is 15.5 Å². The number of nitrogens with zero attached hydrogens (tertiary/aromatic N) is 1. The maximum absolute atomic E-state index is 12.9. The van der Waals surface area contributed by atoms with Crippen molar-refractivity contribution in [3.05, 3.63) is 70.8 Å². The highest BCUT2D eigenvalue weighted by atomic mass is 19.4. The number of nitrogens with one attached hydrogen (secondary N) is 2. The third kappa shape index (κ3) is 7.32. The molecule has 0 radical (unpaired) electrons. The van der Waals surface area contributed by atoms with Gasteiger partial charge < -0.3 is 10.6 Å². The Morgan fingerprint density at radius 3 is 2.21 bits per heavy atom. The molecule has 5 nitrogen and oxygen atoms in total. The summed E-state index contributed by atoms with van der Waals surface area (Å²) in [5.74, 6) is -0.553. The molecule has 1 fully saturated rings. The van der Waals surface area contributed by atoms with E-state index < -0.39 is 11.7 Å². The van der Waals surface area contributed by atoms with Gasteiger partial charge in [-0.05, 0) is 47.6 Å². The molecule has 3 rings (SSSR count). The van der Waals surface area contributed by atoms with Crippen molar-refractivity contribution in [2.24, 2.45) is 0 Å². The van der Waals surface area contributed by atoms with Crippen molar-refractivity contribution in [2.45, 2.75) is 57.8 Å². The van der Waals surface area contributed by atoms with Gasteiger partial charge in [-0.1, -0.05) is 51.1 Å². The molecule has 1 aliphatic heterocycles. The first kappa shape index (κ1) is 25.7. The molecule has 0 spiro atoms. The second kappa shape index (κ2) is 10.6. The summed E-state index contributed by atoms with van der Waals surface area (Å²) in [5, 5.41) is 5.59. The van der Waals surface area contributed by atoms with E-state index in [0.717, 1.165) is 11.6 Å². The zero-order chi connectivity index (χ0) is 24.9. The molecule has 0 aliphatic carbocycles. The molecule has 1 saturated heterocycles. The molecule has 184 valence electrons. The number of benzene rings is 2. The standard InChI is InChI=1S/C26H32F3N3O2/c1-25(2,3)20-9-7-19(8-10-20)24(34)30-16-23(33)31-22-11-13-32(14-12-22)17-18-5-4-6-21(15-18)26(27,28)29/h4-10,15,22H,11-14,16-17H2,1-3H3,(H,30,34)(H,31,33). The van der Waals surface area contributed by atoms with E-state index in [-0.39, 0.29) is 29.8 Å². The maximum atomic E-state index is 12.9. The van der Waals surface area contributed by atoms with E-state index in [1.807, 2.05) is 12.1 Å². The van der Waals surface area contributed by atoms with Crippen LogP contribution in [-0.4, -0.2) is 42.4 Å². The Morgan fingerprint density at radius 2 is 1.62 bits per heavy atom. The molecule has 1 aliphatic rings. The monoisotopic (exact) mass is 475 g/mol. The van der Waals surface area contributed by atoms with Gasteiger partial charge in [0.1, 0.15) is 0 Å². The average molecular weight is 476 g/mol. The van der Waals surface area contributed by atoms with Crippen molar-refractivity contribution in [1.29, 1.82) is 0 Å². The quantitative estimate of drug-likeness (QED) is 0.646. The fraction of sp³-hybridized carbons (Fsp3) is 0.462. The number of amides is 2. The summed E-state index contributed by atoms with van der Waals surface area (Å²) in [5.41, 5.74) is 1.61. The number of likely N-dealkylation sites (tertiary alicyclic amines) is 1. The van der Waals surface area contributed by atoms with E-state index in [1.54, 1.807) is 18.2 Å². The topological polar surface area (TPSA) is 61.4 Å². The number of hydrogen-bond donors (Lipinski definition) is 2. The van der Waals surface area contributed by atoms with Crippen LogP contribution in [0.15, 0.2) is 48.5 Å². The van der Waals surface area contributed by atoms with Crippen LogP contribution in [0.2, 0.25) is 0 Å². The van der Waals surface area contributed by atoms with Gasteiger partial charge >= 0.3 is 6.18 Å². The molecule has 34 heavy (non-hydrogen) atoms. The molecular formula is C26H32F3N3O2. The summed E-state index contributed by atoms with van der Waals surface area (Å²) < 4.78 is 38.7. The van der Waals surface area contributed by atoms with E-state index in [2.05, 4.69) is 36.3 Å². The summed E-state index contributed by atoms with van der Waals surface area (Å²) in [4.78, 5) is 26.7. The van der Waals surface area contributed by atoms with Crippen LogP contribution in [0, 0.1) is 0 Å². The highest BCUT2D eigenvalue weighted by molar-refractivity contribution is 5.96. The Hall–Kier alpha value is -2.87. The first-order valence-electron chi connectivity index (χ1n) is 11.5. The number of halogens is 3. The van der Waals surface area contributed by atoms with E-state index in [4.69, 9.17) is 0 Å². The lowest BCUT2D eigenvalue weighted by atomic mass is 9.87. The number of carbonyl (C=O) groups excluding carboxylic acids is 2. The van der Waals surface area contributed by atoms with Crippen LogP contribution < -0.4 is 10.6 Å². The Kier molecular flexibility index (Phi) is 8.02. The van der Waals surface area contributed by atoms with Crippen molar-refractivity contribution < 1.29 is 22.8 Å². The minimum atomic E-state index is -4.35. The van der Waals surface area contributed by atoms with Gasteiger partial charge in [0.2, 0.25) is 5.91 Å². The summed E-state index contributed by atoms with van der Waals surface area (Å²) in [7, 11) is 0. The molecule has 2 N–H and O–H groups in total. The molecule has 0 atom stereocenters. The largest absolute Gasteiger partial charge is 0.416 e. The molecule has 2 amide bonds. The number of rotatable bonds is 6. The first-order valence-corrected chi connectivity index (χ1v) is 11.5. The van der Waals surface area contributed by atoms with E-state index in [9.17, 15) is 22.8 Å². The Morgan fingerprint density at radius 1 is 0.971 bits per heavy atom. The lowest BCUT2D eigenvalue weighted by molar-refractivity contribution is -0.137. The molecule has 1 heterocycles. The fourth-order valence-electron chi connectivity index (χ4n) is 4.00. The highest BCUT2D eigenvalue weighted by Gasteiger charge is 2.30. The molecule has 0 unspecified atom stereocenters. The number of hydrogen-bond acceptors (Lipinski definition) is 3. The van der Waals surface area contributed by atoms with Crippen LogP contribution in [0.1, 0.15) is 60.7 Å². The predicted molar refractivity (Wildman–Crippen MR) is 125 cm³/mol. The van der Waals surface area contributed by atoms with E-state index in [0.29, 0.717) is 43.6 Å². The first-order chi connectivity index (χ1) is 15.9. The third-order valence-electron chi connectivity index (χ3n) is 6.04. The normalized spacial score (nSPS) is 15.7. The molecule has 0 bridgehead atoms. The van der Waals surface area contributed by atoms with Gasteiger partial charge in [0.05, 0.1) is 12.1 Å². The highest BCUT2D eigenvalue weighted by Crippen LogP contribution is 2.30. The fourth-order valence-corrected chi connectivity index (χ4v) is 4.00. The molecule has 0 saturated carbocycles. The van der Waals surface area contributed by atoms with Crippen molar-refractivity contribution in [3.63, 3.8) is 0 Å². The average Bonchev–Trinajstić information content (AvgIpc) is 2.78. The molecule has 2 aromatic carbocycles. The summed E-state index contributed by atoms with van der Waals surface area (Å²) in [6.07, 6.45) is -2.95. The number of alkyl halides is 3. The van der Waals surface area contributed by atoms with Gasteiger partial charge in [-0.25, -0.2) is 0 Å². The Labute approximate surface area is 198 Å². The molecular weight excluding hydrogens is 443 g/mol. The Balaban J connectivity index is 1.40. The van der Waals surface area contributed by atoms with Crippen molar-refractivity contribution in [2.75, 3.05) is 19.6 Å². The summed E-state index contributed by atoms with van der Waals surface area (Å²) in [6.45, 7) is 7.98. The minimum Gasteiger partial charge on any atom is -0.352 e. The molecule has 8 heteroatoms. The summed E-state index contributed by atoms with van der Waals surface area (Å²) >= 11 is 0. The van der Waals surface area contributed by atoms with Crippen LogP contribution in [0.5, 0.6) is 0 Å². The van der Waals surface area contributed by atoms with Crippen LogP contribution >= 0.6 is 0 Å². The number of piperidine rings is 1. The van der Waals surface area contributed by atoms with Gasteiger partial charge in [-0.15, -0.1) is 0 Å². The lowest BCUT2D eigenvalue weighted by Gasteiger charge is -2.32. The molecule has 2 aromatic rings. The second-order valence-corrected chi connectivity index (χ2v) is 9.83. The van der Waals surface area contributed by atoms with Crippen LogP contribution in [0.3, 0.4) is 0 Å². The van der Waals surface area contributed by atoms with Gasteiger partial charge in [-0.2, -0.15) is 13.2 Å². The van der Waals surface area contributed by atoms with Gasteiger partial charge in [0.25, 0.3) is 5.91 Å². The third-order valence-corrected chi connectivity index (χ3v) is 6.04. The van der Waals surface area contributed by atoms with E-state index in [1.165, 1.54) is 12.1 Å². The van der Waals surface area contributed by atoms with Crippen LogP contribution in [-0.2, 0) is 22.9 Å². The van der Waals surface area contributed by atoms with Crippen LogP contribution in [0.4, 0.5) is 13.2 Å². The summed E-state index contributed by atoms with van der Waals surface area (Å²) in [6, 6.07) is 12.7. The number of carbonyl (C=O) groups is 2.